The maximum Gasteiger partial charge on any atom is 0.228 e. The number of carbonyl (C=O) groups excluding carboxylic acids is 2. The number of carbonyl (C=O) groups is 2. The van der Waals surface area contributed by atoms with Crippen LogP contribution < -0.4 is 4.90 Å². The number of hydrogen-bond donors (Lipinski definition) is 0. The molecule has 0 bridgehead atoms. The van der Waals surface area contributed by atoms with E-state index >= 15 is 0 Å². The largest absolute Gasteiger partial charge is 0.340 e. The zero-order valence-electron chi connectivity index (χ0n) is 12.8. The van der Waals surface area contributed by atoms with Crippen molar-refractivity contribution < 1.29 is 14.0 Å². The number of anilines is 1. The lowest BCUT2D eigenvalue weighted by Crippen LogP contribution is -2.45. The summed E-state index contributed by atoms with van der Waals surface area (Å²) in [6.45, 7) is 3.26. The molecule has 2 atom stereocenters. The van der Waals surface area contributed by atoms with Gasteiger partial charge < -0.3 is 9.80 Å². The van der Waals surface area contributed by atoms with Crippen LogP contribution in [0.15, 0.2) is 24.3 Å². The molecule has 2 amide bonds. The van der Waals surface area contributed by atoms with Gasteiger partial charge in [-0.25, -0.2) is 4.39 Å². The molecule has 2 aliphatic heterocycles. The Morgan fingerprint density at radius 1 is 1.23 bits per heavy atom. The lowest BCUT2D eigenvalue weighted by Gasteiger charge is -2.35. The molecule has 118 valence electrons. The van der Waals surface area contributed by atoms with E-state index < -0.39 is 0 Å². The van der Waals surface area contributed by atoms with Crippen LogP contribution in [0.5, 0.6) is 0 Å². The van der Waals surface area contributed by atoms with Crippen molar-refractivity contribution in [3.05, 3.63) is 30.1 Å². The Kier molecular flexibility index (Phi) is 4.14. The molecule has 0 N–H and O–H groups in total. The first-order valence-corrected chi connectivity index (χ1v) is 7.92. The zero-order chi connectivity index (χ0) is 15.7. The van der Waals surface area contributed by atoms with Crippen LogP contribution in [-0.2, 0) is 9.59 Å². The number of amides is 2. The van der Waals surface area contributed by atoms with Gasteiger partial charge in [0.2, 0.25) is 11.8 Å². The van der Waals surface area contributed by atoms with E-state index in [4.69, 9.17) is 0 Å². The number of likely N-dealkylation sites (tertiary alicyclic amines) is 1. The second-order valence-electron chi connectivity index (χ2n) is 6.26. The van der Waals surface area contributed by atoms with Gasteiger partial charge in [-0.05, 0) is 50.5 Å². The number of piperidine rings is 1. The average Bonchev–Trinajstić information content (AvgIpc) is 2.90. The minimum atomic E-state index is -0.329. The van der Waals surface area contributed by atoms with Gasteiger partial charge in [-0.3, -0.25) is 9.59 Å². The Hall–Kier alpha value is -1.91. The molecule has 22 heavy (non-hydrogen) atoms. The van der Waals surface area contributed by atoms with E-state index in [-0.39, 0.29) is 36.0 Å². The van der Waals surface area contributed by atoms with Gasteiger partial charge in [0.15, 0.2) is 0 Å². The fourth-order valence-electron chi connectivity index (χ4n) is 3.40. The van der Waals surface area contributed by atoms with E-state index in [0.717, 1.165) is 25.8 Å². The molecule has 2 fully saturated rings. The molecule has 0 aliphatic carbocycles. The lowest BCUT2D eigenvalue weighted by atomic mass is 9.99. The second-order valence-corrected chi connectivity index (χ2v) is 6.26. The molecule has 4 nitrogen and oxygen atoms in total. The van der Waals surface area contributed by atoms with Gasteiger partial charge in [0.1, 0.15) is 5.82 Å². The average molecular weight is 304 g/mol. The van der Waals surface area contributed by atoms with Crippen LogP contribution >= 0.6 is 0 Å². The molecule has 0 aromatic heterocycles. The molecule has 0 unspecified atom stereocenters. The summed E-state index contributed by atoms with van der Waals surface area (Å²) in [4.78, 5) is 28.4. The summed E-state index contributed by atoms with van der Waals surface area (Å²) in [5.41, 5.74) is 0.661. The molecule has 1 aromatic rings. The molecule has 5 heteroatoms. The highest BCUT2D eigenvalue weighted by molar-refractivity contribution is 6.00. The molecule has 2 aliphatic rings. The monoisotopic (exact) mass is 304 g/mol. The molecule has 2 heterocycles. The summed E-state index contributed by atoms with van der Waals surface area (Å²) in [6.07, 6.45) is 3.49. The number of nitrogens with zero attached hydrogens (tertiary/aromatic N) is 2. The Balaban J connectivity index is 1.71. The standard InChI is InChI=1S/C17H21FN2O2/c1-12-4-2-3-9-19(12)17(22)13-10-16(21)20(11-13)15-7-5-14(18)6-8-15/h5-8,12-13H,2-4,9-11H2,1H3/t12-,13-/m1/s1. The number of benzene rings is 1. The normalized spacial score (nSPS) is 25.6. The highest BCUT2D eigenvalue weighted by Crippen LogP contribution is 2.28. The van der Waals surface area contributed by atoms with Crippen molar-refractivity contribution in [1.29, 1.82) is 0 Å². The summed E-state index contributed by atoms with van der Waals surface area (Å²) in [5, 5.41) is 0. The van der Waals surface area contributed by atoms with Crippen LogP contribution in [0.3, 0.4) is 0 Å². The highest BCUT2D eigenvalue weighted by Gasteiger charge is 2.38. The van der Waals surface area contributed by atoms with E-state index in [0.29, 0.717) is 12.2 Å². The van der Waals surface area contributed by atoms with Gasteiger partial charge in [-0.15, -0.1) is 0 Å². The first-order valence-electron chi connectivity index (χ1n) is 7.92. The van der Waals surface area contributed by atoms with Crippen molar-refractivity contribution in [2.24, 2.45) is 5.92 Å². The summed E-state index contributed by atoms with van der Waals surface area (Å²) in [6, 6.07) is 6.11. The smallest absolute Gasteiger partial charge is 0.228 e. The van der Waals surface area contributed by atoms with Crippen molar-refractivity contribution in [3.63, 3.8) is 0 Å². The van der Waals surface area contributed by atoms with Crippen molar-refractivity contribution in [1.82, 2.24) is 4.90 Å². The third kappa shape index (κ3) is 2.85. The summed E-state index contributed by atoms with van der Waals surface area (Å²) >= 11 is 0. The van der Waals surface area contributed by atoms with E-state index in [9.17, 15) is 14.0 Å². The Morgan fingerprint density at radius 3 is 2.64 bits per heavy atom. The molecule has 2 saturated heterocycles. The third-order valence-corrected chi connectivity index (χ3v) is 4.70. The SMILES string of the molecule is C[C@@H]1CCCCN1C(=O)[C@@H]1CC(=O)N(c2ccc(F)cc2)C1. The van der Waals surface area contributed by atoms with Crippen molar-refractivity contribution >= 4 is 17.5 Å². The number of hydrogen-bond acceptors (Lipinski definition) is 2. The minimum absolute atomic E-state index is 0.0605. The number of rotatable bonds is 2. The molecule has 0 spiro atoms. The quantitative estimate of drug-likeness (QED) is 0.842. The summed E-state index contributed by atoms with van der Waals surface area (Å²) < 4.78 is 13.0. The van der Waals surface area contributed by atoms with Crippen LogP contribution in [0.4, 0.5) is 10.1 Å². The van der Waals surface area contributed by atoms with Crippen molar-refractivity contribution in [3.8, 4) is 0 Å². The van der Waals surface area contributed by atoms with Gasteiger partial charge in [-0.2, -0.15) is 0 Å². The maximum atomic E-state index is 13.0. The molecule has 3 rings (SSSR count). The van der Waals surface area contributed by atoms with Crippen molar-refractivity contribution in [2.75, 3.05) is 18.0 Å². The molecule has 0 saturated carbocycles. The summed E-state index contributed by atoms with van der Waals surface area (Å²) in [5.74, 6) is -0.581. The minimum Gasteiger partial charge on any atom is -0.340 e. The zero-order valence-corrected chi connectivity index (χ0v) is 12.8. The molecular formula is C17H21FN2O2. The van der Waals surface area contributed by atoms with E-state index in [2.05, 4.69) is 6.92 Å². The van der Waals surface area contributed by atoms with Gasteiger partial charge in [0.25, 0.3) is 0 Å². The van der Waals surface area contributed by atoms with Gasteiger partial charge >= 0.3 is 0 Å². The predicted octanol–water partition coefficient (Wildman–Crippen LogP) is 2.58. The maximum absolute atomic E-state index is 13.0. The van der Waals surface area contributed by atoms with Crippen LogP contribution in [0.25, 0.3) is 0 Å². The Bertz CT molecular complexity index is 573. The Morgan fingerprint density at radius 2 is 1.95 bits per heavy atom. The second kappa shape index (κ2) is 6.07. The van der Waals surface area contributed by atoms with E-state index in [1.807, 2.05) is 4.90 Å². The van der Waals surface area contributed by atoms with Crippen LogP contribution in [-0.4, -0.2) is 35.8 Å². The highest BCUT2D eigenvalue weighted by atomic mass is 19.1. The van der Waals surface area contributed by atoms with Crippen molar-refractivity contribution in [2.45, 2.75) is 38.6 Å². The van der Waals surface area contributed by atoms with E-state index in [1.165, 1.54) is 12.1 Å². The topological polar surface area (TPSA) is 40.6 Å². The van der Waals surface area contributed by atoms with Crippen LogP contribution in [0.1, 0.15) is 32.6 Å². The van der Waals surface area contributed by atoms with Gasteiger partial charge in [0, 0.05) is 31.2 Å². The fraction of sp³-hybridized carbons (Fsp3) is 0.529. The lowest BCUT2D eigenvalue weighted by molar-refractivity contribution is -0.139. The fourth-order valence-corrected chi connectivity index (χ4v) is 3.40. The third-order valence-electron chi connectivity index (χ3n) is 4.70. The Labute approximate surface area is 129 Å². The summed E-state index contributed by atoms with van der Waals surface area (Å²) in [7, 11) is 0. The number of halogens is 1. The van der Waals surface area contributed by atoms with Crippen LogP contribution in [0.2, 0.25) is 0 Å². The first-order chi connectivity index (χ1) is 10.6. The van der Waals surface area contributed by atoms with Gasteiger partial charge in [-0.1, -0.05) is 0 Å². The van der Waals surface area contributed by atoms with Crippen LogP contribution in [0, 0.1) is 11.7 Å². The first kappa shape index (κ1) is 15.0. The van der Waals surface area contributed by atoms with E-state index in [1.54, 1.807) is 17.0 Å². The predicted molar refractivity (Wildman–Crippen MR) is 81.9 cm³/mol. The van der Waals surface area contributed by atoms with Gasteiger partial charge in [0.05, 0.1) is 5.92 Å². The molecular weight excluding hydrogens is 283 g/mol. The molecule has 1 aromatic carbocycles. The molecule has 0 radical (unpaired) electrons.